The molecule has 0 aromatic rings. The molecule has 0 saturated carbocycles. The zero-order valence-corrected chi connectivity index (χ0v) is 8.16. The first-order chi connectivity index (χ1) is 5.35. The Balaban J connectivity index is 3.07. The van der Waals surface area contributed by atoms with Crippen LogP contribution in [0.1, 0.15) is 58.8 Å². The average Bonchev–Trinajstić information content (AvgIpc) is 2.05. The van der Waals surface area contributed by atoms with Gasteiger partial charge in [-0.15, -0.1) is 0 Å². The molecule has 0 atom stereocenters. The summed E-state index contributed by atoms with van der Waals surface area (Å²) < 4.78 is 0. The normalized spacial score (nSPS) is 10.9. The molecule has 0 heteroatoms. The summed E-state index contributed by atoms with van der Waals surface area (Å²) in [7, 11) is 0. The van der Waals surface area contributed by atoms with Crippen molar-refractivity contribution in [3.63, 3.8) is 0 Å². The van der Waals surface area contributed by atoms with Gasteiger partial charge in [0.25, 0.3) is 0 Å². The highest BCUT2D eigenvalue weighted by Crippen LogP contribution is 2.18. The fourth-order valence-corrected chi connectivity index (χ4v) is 1.33. The summed E-state index contributed by atoms with van der Waals surface area (Å²) in [5.74, 6) is 1.73. The van der Waals surface area contributed by atoms with Crippen LogP contribution in [0.4, 0.5) is 0 Å². The van der Waals surface area contributed by atoms with Crippen molar-refractivity contribution in [2.45, 2.75) is 58.8 Å². The molecule has 0 N–H and O–H groups in total. The lowest BCUT2D eigenvalue weighted by Crippen LogP contribution is -1.93. The fraction of sp³-hybridized carbons (Fsp3) is 0.818. The van der Waals surface area contributed by atoms with Crippen molar-refractivity contribution in [3.05, 3.63) is 12.8 Å². The van der Waals surface area contributed by atoms with Crippen LogP contribution in [-0.4, -0.2) is 0 Å². The molecule has 0 aliphatic carbocycles. The van der Waals surface area contributed by atoms with Crippen LogP contribution >= 0.6 is 0 Å². The largest absolute Gasteiger partial charge is 0.0648 e. The van der Waals surface area contributed by atoms with Gasteiger partial charge < -0.3 is 0 Å². The maximum Gasteiger partial charge on any atom is -0.0246 e. The number of unbranched alkanes of at least 4 members (excludes halogenated alkanes) is 3. The summed E-state index contributed by atoms with van der Waals surface area (Å²) in [6.45, 7) is 8.36. The van der Waals surface area contributed by atoms with Gasteiger partial charge in [-0.05, 0) is 25.2 Å². The molecule has 0 aliphatic rings. The van der Waals surface area contributed by atoms with Gasteiger partial charge in [0.2, 0.25) is 0 Å². The summed E-state index contributed by atoms with van der Waals surface area (Å²) in [6.07, 6.45) is 9.07. The maximum atomic E-state index is 3.84. The van der Waals surface area contributed by atoms with Gasteiger partial charge in [-0.25, -0.2) is 0 Å². The van der Waals surface area contributed by atoms with Crippen molar-refractivity contribution < 1.29 is 0 Å². The van der Waals surface area contributed by atoms with Crippen molar-refractivity contribution in [2.24, 2.45) is 0 Å². The van der Waals surface area contributed by atoms with Crippen LogP contribution in [-0.2, 0) is 0 Å². The Bertz CT molecular complexity index is 62.4. The predicted molar refractivity (Wildman–Crippen MR) is 52.3 cm³/mol. The molecule has 0 aromatic carbocycles. The van der Waals surface area contributed by atoms with Gasteiger partial charge in [-0.1, -0.05) is 46.5 Å². The van der Waals surface area contributed by atoms with Crippen LogP contribution in [0.15, 0.2) is 0 Å². The van der Waals surface area contributed by atoms with E-state index in [0.717, 1.165) is 6.42 Å². The van der Waals surface area contributed by atoms with E-state index in [2.05, 4.69) is 20.8 Å². The van der Waals surface area contributed by atoms with Crippen molar-refractivity contribution in [1.82, 2.24) is 0 Å². The van der Waals surface area contributed by atoms with E-state index in [1.807, 2.05) is 0 Å². The van der Waals surface area contributed by atoms with Gasteiger partial charge >= 0.3 is 0 Å². The highest BCUT2D eigenvalue weighted by molar-refractivity contribution is 4.85. The zero-order valence-electron chi connectivity index (χ0n) is 8.16. The first kappa shape index (κ1) is 11.0. The van der Waals surface area contributed by atoms with Crippen LogP contribution in [0, 0.1) is 12.8 Å². The van der Waals surface area contributed by atoms with Gasteiger partial charge in [-0.3, -0.25) is 0 Å². The quantitative estimate of drug-likeness (QED) is 0.483. The fourth-order valence-electron chi connectivity index (χ4n) is 1.33. The van der Waals surface area contributed by atoms with E-state index in [-0.39, 0.29) is 0 Å². The molecule has 0 nitrogen and oxygen atoms in total. The zero-order chi connectivity index (χ0) is 8.53. The van der Waals surface area contributed by atoms with Crippen LogP contribution in [0.2, 0.25) is 0 Å². The molecule has 0 unspecified atom stereocenters. The number of hydrogen-bond donors (Lipinski definition) is 0. The Kier molecular flexibility index (Phi) is 8.10. The molecule has 2 radical (unpaired) electrons. The monoisotopic (exact) mass is 154 g/mol. The molecule has 0 aliphatic heterocycles. The molecule has 0 amide bonds. The first-order valence-corrected chi connectivity index (χ1v) is 4.97. The number of hydrogen-bond acceptors (Lipinski definition) is 0. The minimum atomic E-state index is 1.10. The Labute approximate surface area is 72.4 Å². The van der Waals surface area contributed by atoms with E-state index in [1.54, 1.807) is 5.92 Å². The second-order valence-electron chi connectivity index (χ2n) is 3.12. The Morgan fingerprint density at radius 1 is 1.00 bits per heavy atom. The van der Waals surface area contributed by atoms with E-state index in [9.17, 15) is 0 Å². The van der Waals surface area contributed by atoms with Crippen LogP contribution in [0.3, 0.4) is 0 Å². The molecule has 66 valence electrons. The molecule has 0 bridgehead atoms. The summed E-state index contributed by atoms with van der Waals surface area (Å²) in [4.78, 5) is 0. The van der Waals surface area contributed by atoms with Crippen molar-refractivity contribution >= 4 is 0 Å². The van der Waals surface area contributed by atoms with Crippen molar-refractivity contribution in [2.75, 3.05) is 0 Å². The SMILES string of the molecule is [CH2]CCCCC[C](CC)CC. The minimum absolute atomic E-state index is 1.10. The number of rotatable bonds is 7. The van der Waals surface area contributed by atoms with Crippen molar-refractivity contribution in [3.8, 4) is 0 Å². The molecular weight excluding hydrogens is 132 g/mol. The molecule has 0 rings (SSSR count). The van der Waals surface area contributed by atoms with Gasteiger partial charge in [0, 0.05) is 0 Å². The lowest BCUT2D eigenvalue weighted by molar-refractivity contribution is 0.612. The van der Waals surface area contributed by atoms with Gasteiger partial charge in [0.1, 0.15) is 0 Å². The van der Waals surface area contributed by atoms with E-state index in [1.165, 1.54) is 38.5 Å². The van der Waals surface area contributed by atoms with E-state index >= 15 is 0 Å². The average molecular weight is 154 g/mol. The summed E-state index contributed by atoms with van der Waals surface area (Å²) in [5, 5.41) is 0. The lowest BCUT2D eigenvalue weighted by atomic mass is 9.96. The van der Waals surface area contributed by atoms with Crippen LogP contribution in [0.25, 0.3) is 0 Å². The van der Waals surface area contributed by atoms with E-state index < -0.39 is 0 Å². The Morgan fingerprint density at radius 2 is 1.64 bits per heavy atom. The van der Waals surface area contributed by atoms with E-state index in [4.69, 9.17) is 0 Å². The second kappa shape index (κ2) is 8.10. The predicted octanol–water partition coefficient (Wildman–Crippen LogP) is 4.17. The standard InChI is InChI=1S/C11H22/c1-4-7-8-9-10-11(5-2)6-3/h1,4-10H2,2-3H3. The third-order valence-electron chi connectivity index (χ3n) is 2.28. The third kappa shape index (κ3) is 6.40. The van der Waals surface area contributed by atoms with Crippen LogP contribution in [0.5, 0.6) is 0 Å². The topological polar surface area (TPSA) is 0 Å². The lowest BCUT2D eigenvalue weighted by Gasteiger charge is -2.10. The first-order valence-electron chi connectivity index (χ1n) is 4.97. The van der Waals surface area contributed by atoms with Gasteiger partial charge in [0.05, 0.1) is 0 Å². The molecule has 0 aromatic heterocycles. The van der Waals surface area contributed by atoms with Crippen LogP contribution < -0.4 is 0 Å². The molecule has 0 spiro atoms. The van der Waals surface area contributed by atoms with Crippen molar-refractivity contribution in [1.29, 1.82) is 0 Å². The third-order valence-corrected chi connectivity index (χ3v) is 2.28. The highest BCUT2D eigenvalue weighted by atomic mass is 14.1. The summed E-state index contributed by atoms with van der Waals surface area (Å²) >= 11 is 0. The Hall–Kier alpha value is 0. The molecule has 0 heterocycles. The smallest absolute Gasteiger partial charge is 0.0246 e. The van der Waals surface area contributed by atoms with E-state index in [0.29, 0.717) is 0 Å². The maximum absolute atomic E-state index is 3.84. The van der Waals surface area contributed by atoms with Gasteiger partial charge in [-0.2, -0.15) is 0 Å². The summed E-state index contributed by atoms with van der Waals surface area (Å²) in [5.41, 5.74) is 0. The van der Waals surface area contributed by atoms with Gasteiger partial charge in [0.15, 0.2) is 0 Å². The molecule has 11 heavy (non-hydrogen) atoms. The summed E-state index contributed by atoms with van der Waals surface area (Å²) in [6, 6.07) is 0. The molecular formula is C11H22. The Morgan fingerprint density at radius 3 is 2.09 bits per heavy atom. The minimum Gasteiger partial charge on any atom is -0.0648 e. The highest BCUT2D eigenvalue weighted by Gasteiger charge is 2.02. The molecule has 0 fully saturated rings. The molecule has 0 saturated heterocycles. The second-order valence-corrected chi connectivity index (χ2v) is 3.12.